The van der Waals surface area contributed by atoms with E-state index in [1.807, 2.05) is 29.2 Å². The summed E-state index contributed by atoms with van der Waals surface area (Å²) >= 11 is 0. The summed E-state index contributed by atoms with van der Waals surface area (Å²) in [6.07, 6.45) is 1.32. The van der Waals surface area contributed by atoms with Crippen LogP contribution >= 0.6 is 0 Å². The normalized spacial score (nSPS) is 27.8. The highest BCUT2D eigenvalue weighted by atomic mass is 16.6. The molecular weight excluding hydrogens is 296 g/mol. The van der Waals surface area contributed by atoms with Gasteiger partial charge in [-0.25, -0.2) is 4.79 Å². The number of hydrogen-bond acceptors (Lipinski definition) is 4. The molecule has 2 fully saturated rings. The van der Waals surface area contributed by atoms with Crippen LogP contribution in [0.15, 0.2) is 24.3 Å². The van der Waals surface area contributed by atoms with Crippen LogP contribution in [0.3, 0.4) is 0 Å². The molecule has 0 unspecified atom stereocenters. The van der Waals surface area contributed by atoms with Crippen molar-refractivity contribution in [3.8, 4) is 0 Å². The Balaban J connectivity index is 1.40. The zero-order valence-electron chi connectivity index (χ0n) is 13.0. The third-order valence-corrected chi connectivity index (χ3v) is 4.98. The van der Waals surface area contributed by atoms with Crippen molar-refractivity contribution in [3.63, 3.8) is 0 Å². The number of nitrogens with one attached hydrogen (secondary N) is 1. The number of fused-ring (bicyclic) bond motifs is 1. The van der Waals surface area contributed by atoms with Gasteiger partial charge in [-0.1, -0.05) is 12.1 Å². The van der Waals surface area contributed by atoms with Gasteiger partial charge in [0.2, 0.25) is 0 Å². The second-order valence-electron chi connectivity index (χ2n) is 6.36. The molecule has 1 amide bonds. The summed E-state index contributed by atoms with van der Waals surface area (Å²) in [5.41, 5.74) is 1.63. The van der Waals surface area contributed by atoms with Gasteiger partial charge in [-0.2, -0.15) is 0 Å². The van der Waals surface area contributed by atoms with Crippen LogP contribution in [0.4, 0.5) is 0 Å². The van der Waals surface area contributed by atoms with Crippen molar-refractivity contribution in [1.29, 1.82) is 0 Å². The lowest BCUT2D eigenvalue weighted by Gasteiger charge is -2.35. The smallest absolute Gasteiger partial charge is 0.343 e. The van der Waals surface area contributed by atoms with Crippen LogP contribution in [-0.2, 0) is 14.3 Å². The summed E-state index contributed by atoms with van der Waals surface area (Å²) in [6.45, 7) is 3.63. The number of piperazine rings is 1. The highest BCUT2D eigenvalue weighted by molar-refractivity contribution is 5.93. The molecule has 0 saturated carbocycles. The first kappa shape index (κ1) is 14.7. The van der Waals surface area contributed by atoms with E-state index in [2.05, 4.69) is 0 Å². The van der Waals surface area contributed by atoms with Crippen LogP contribution in [0.25, 0.3) is 0 Å². The highest BCUT2D eigenvalue weighted by Gasteiger charge is 2.40. The summed E-state index contributed by atoms with van der Waals surface area (Å²) < 4.78 is 11.1. The maximum Gasteiger partial charge on any atom is 0.343 e. The number of cyclic esters (lactones) is 1. The SMILES string of the molecule is O=C1O[C@H]([NH+]2CCN(C(=O)[C@H]3CCCO3)CC2)c2ccccc21. The Bertz CT molecular complexity index is 619. The minimum atomic E-state index is -0.249. The van der Waals surface area contributed by atoms with E-state index in [1.54, 1.807) is 0 Å². The number of benzene rings is 1. The number of ether oxygens (including phenoxy) is 2. The second kappa shape index (κ2) is 5.94. The van der Waals surface area contributed by atoms with Gasteiger partial charge in [0.15, 0.2) is 0 Å². The predicted molar refractivity (Wildman–Crippen MR) is 80.8 cm³/mol. The monoisotopic (exact) mass is 317 g/mol. The number of carbonyl (C=O) groups excluding carboxylic acids is 2. The molecule has 0 spiro atoms. The van der Waals surface area contributed by atoms with Crippen molar-refractivity contribution in [2.45, 2.75) is 25.2 Å². The lowest BCUT2D eigenvalue weighted by atomic mass is 10.1. The van der Waals surface area contributed by atoms with E-state index < -0.39 is 0 Å². The predicted octanol–water partition coefficient (Wildman–Crippen LogP) is -0.238. The average Bonchev–Trinajstić information content (AvgIpc) is 3.23. The first-order chi connectivity index (χ1) is 11.2. The number of quaternary nitrogens is 1. The van der Waals surface area contributed by atoms with Gasteiger partial charge in [0.05, 0.1) is 37.3 Å². The van der Waals surface area contributed by atoms with Gasteiger partial charge in [0, 0.05) is 6.61 Å². The van der Waals surface area contributed by atoms with Crippen molar-refractivity contribution in [2.75, 3.05) is 32.8 Å². The van der Waals surface area contributed by atoms with Gasteiger partial charge in [0.25, 0.3) is 12.1 Å². The Labute approximate surface area is 134 Å². The van der Waals surface area contributed by atoms with Crippen molar-refractivity contribution in [1.82, 2.24) is 4.90 Å². The average molecular weight is 317 g/mol. The van der Waals surface area contributed by atoms with Crippen LogP contribution in [0.2, 0.25) is 0 Å². The molecular formula is C17H21N2O4+. The third kappa shape index (κ3) is 2.62. The molecule has 3 aliphatic heterocycles. The van der Waals surface area contributed by atoms with Gasteiger partial charge < -0.3 is 14.4 Å². The molecule has 1 aromatic rings. The minimum absolute atomic E-state index is 0.116. The summed E-state index contributed by atoms with van der Waals surface area (Å²) in [6, 6.07) is 7.57. The first-order valence-corrected chi connectivity index (χ1v) is 8.29. The van der Waals surface area contributed by atoms with Crippen LogP contribution in [0.1, 0.15) is 35.0 Å². The molecule has 3 heterocycles. The summed E-state index contributed by atoms with van der Waals surface area (Å²) in [4.78, 5) is 27.4. The fraction of sp³-hybridized carbons (Fsp3) is 0.529. The lowest BCUT2D eigenvalue weighted by molar-refractivity contribution is -0.955. The molecule has 6 nitrogen and oxygen atoms in total. The molecule has 122 valence electrons. The molecule has 23 heavy (non-hydrogen) atoms. The molecule has 2 saturated heterocycles. The Morgan fingerprint density at radius 1 is 1.22 bits per heavy atom. The molecule has 0 aromatic heterocycles. The number of rotatable bonds is 2. The summed E-state index contributed by atoms with van der Waals surface area (Å²) in [7, 11) is 0. The highest BCUT2D eigenvalue weighted by Crippen LogP contribution is 2.26. The third-order valence-electron chi connectivity index (χ3n) is 4.98. The zero-order chi connectivity index (χ0) is 15.8. The van der Waals surface area contributed by atoms with E-state index >= 15 is 0 Å². The zero-order valence-corrected chi connectivity index (χ0v) is 13.0. The van der Waals surface area contributed by atoms with Crippen molar-refractivity contribution >= 4 is 11.9 Å². The molecule has 6 heteroatoms. The minimum Gasteiger partial charge on any atom is -0.404 e. The fourth-order valence-electron chi connectivity index (χ4n) is 3.70. The van der Waals surface area contributed by atoms with Gasteiger partial charge in [-0.15, -0.1) is 0 Å². The summed E-state index contributed by atoms with van der Waals surface area (Å²) in [5.74, 6) is -0.124. The maximum atomic E-state index is 12.4. The van der Waals surface area contributed by atoms with Crippen molar-refractivity contribution in [3.05, 3.63) is 35.4 Å². The molecule has 0 bridgehead atoms. The van der Waals surface area contributed by atoms with E-state index in [4.69, 9.17) is 9.47 Å². The van der Waals surface area contributed by atoms with E-state index in [9.17, 15) is 9.59 Å². The molecule has 2 atom stereocenters. The standard InChI is InChI=1S/C17H20N2O4/c20-15(14-6-3-11-22-14)18-7-9-19(10-8-18)16-12-4-1-2-5-13(12)17(21)23-16/h1-2,4-5,14,16H,3,6-11H2/p+1/t14-,16+/m1/s1. The second-order valence-corrected chi connectivity index (χ2v) is 6.36. The first-order valence-electron chi connectivity index (χ1n) is 8.29. The topological polar surface area (TPSA) is 60.3 Å². The molecule has 1 N–H and O–H groups in total. The Hall–Kier alpha value is -1.92. The van der Waals surface area contributed by atoms with E-state index in [0.29, 0.717) is 25.3 Å². The molecule has 3 aliphatic rings. The number of carbonyl (C=O) groups is 2. The van der Waals surface area contributed by atoms with Gasteiger partial charge >= 0.3 is 5.97 Å². The van der Waals surface area contributed by atoms with Gasteiger partial charge in [-0.05, 0) is 25.0 Å². The van der Waals surface area contributed by atoms with Crippen molar-refractivity contribution < 1.29 is 24.0 Å². The van der Waals surface area contributed by atoms with E-state index in [-0.39, 0.29) is 24.2 Å². The lowest BCUT2D eigenvalue weighted by Crippen LogP contribution is -3.15. The number of esters is 1. The van der Waals surface area contributed by atoms with E-state index in [1.165, 1.54) is 4.90 Å². The van der Waals surface area contributed by atoms with Crippen LogP contribution in [0.5, 0.6) is 0 Å². The quantitative estimate of drug-likeness (QED) is 0.765. The largest absolute Gasteiger partial charge is 0.404 e. The molecule has 4 rings (SSSR count). The Morgan fingerprint density at radius 3 is 2.74 bits per heavy atom. The summed E-state index contributed by atoms with van der Waals surface area (Å²) in [5, 5.41) is 0. The van der Waals surface area contributed by atoms with Crippen LogP contribution < -0.4 is 4.90 Å². The van der Waals surface area contributed by atoms with Gasteiger partial charge in [-0.3, -0.25) is 9.69 Å². The Kier molecular flexibility index (Phi) is 3.79. The maximum absolute atomic E-state index is 12.4. The number of nitrogens with zero attached hydrogens (tertiary/aromatic N) is 1. The Morgan fingerprint density at radius 2 is 2.00 bits per heavy atom. The molecule has 0 radical (unpaired) electrons. The number of hydrogen-bond donors (Lipinski definition) is 1. The fourth-order valence-corrected chi connectivity index (χ4v) is 3.70. The van der Waals surface area contributed by atoms with Crippen LogP contribution in [0, 0.1) is 0 Å². The number of amides is 1. The van der Waals surface area contributed by atoms with E-state index in [0.717, 1.165) is 31.5 Å². The molecule has 0 aliphatic carbocycles. The van der Waals surface area contributed by atoms with Gasteiger partial charge in [0.1, 0.15) is 6.10 Å². The van der Waals surface area contributed by atoms with Crippen molar-refractivity contribution in [2.24, 2.45) is 0 Å². The molecule has 1 aromatic carbocycles. The van der Waals surface area contributed by atoms with Crippen LogP contribution in [-0.4, -0.2) is 55.7 Å².